The highest BCUT2D eigenvalue weighted by atomic mass is 35.5. The van der Waals surface area contributed by atoms with Gasteiger partial charge in [-0.2, -0.15) is 0 Å². The first-order chi connectivity index (χ1) is 29.0. The van der Waals surface area contributed by atoms with Crippen LogP contribution in [0.25, 0.3) is 27.0 Å². The standard InChI is InChI=1S/C45H46Cl2N8O4S/c1-26-27(2)60-44-41(26)42(30-4-8-31(46)9-5-30)49-39(43-51-50-28(3)55(43)44)24-40(56)54-14-12-32(13-15-54)53-18-16-52(17-19-53)20-21-59-33-10-6-29(7-11-33)34-22-35-36(45(57)58)25-48-38(35)23-37(34)47/h4-11,22-23,25,32,39,48H,12-21,24H2,1-3H3,(H,57,58)/t39-/m0/s1. The molecule has 2 saturated heterocycles. The van der Waals surface area contributed by atoms with E-state index in [1.54, 1.807) is 17.4 Å². The Hall–Kier alpha value is -5.05. The number of piperazine rings is 1. The van der Waals surface area contributed by atoms with Gasteiger partial charge in [0.2, 0.25) is 5.91 Å². The number of aromatic nitrogens is 4. The van der Waals surface area contributed by atoms with Crippen molar-refractivity contribution in [3.63, 3.8) is 0 Å². The normalized spacial score (nSPS) is 17.6. The van der Waals surface area contributed by atoms with E-state index < -0.39 is 12.0 Å². The Bertz CT molecular complexity index is 2600. The first kappa shape index (κ1) is 40.4. The largest absolute Gasteiger partial charge is 0.492 e. The average Bonchev–Trinajstić information content (AvgIpc) is 3.91. The van der Waals surface area contributed by atoms with Crippen molar-refractivity contribution in [1.82, 2.24) is 34.4 Å². The highest BCUT2D eigenvalue weighted by Gasteiger charge is 2.35. The molecule has 6 heterocycles. The van der Waals surface area contributed by atoms with E-state index in [0.717, 1.165) is 103 Å². The summed E-state index contributed by atoms with van der Waals surface area (Å²) in [6, 6.07) is 19.1. The van der Waals surface area contributed by atoms with Gasteiger partial charge in [0, 0.05) is 95.5 Å². The van der Waals surface area contributed by atoms with Crippen molar-refractivity contribution in [2.24, 2.45) is 4.99 Å². The van der Waals surface area contributed by atoms with Crippen LogP contribution in [0.1, 0.15) is 68.9 Å². The van der Waals surface area contributed by atoms with Gasteiger partial charge in [0.15, 0.2) is 5.82 Å². The van der Waals surface area contributed by atoms with Gasteiger partial charge in [-0.15, -0.1) is 21.5 Å². The van der Waals surface area contributed by atoms with Crippen molar-refractivity contribution in [1.29, 1.82) is 0 Å². The topological polar surface area (TPSA) is 132 Å². The number of aryl methyl sites for hydroxylation is 2. The number of amides is 1. The van der Waals surface area contributed by atoms with Crippen molar-refractivity contribution in [2.75, 3.05) is 52.4 Å². The Morgan fingerprint density at radius 3 is 2.35 bits per heavy atom. The monoisotopic (exact) mass is 864 g/mol. The minimum Gasteiger partial charge on any atom is -0.492 e. The fraction of sp³-hybridized carbons (Fsp3) is 0.356. The SMILES string of the molecule is Cc1sc2c(c1C)C(c1ccc(Cl)cc1)=N[C@@H](CC(=O)N1CCC(N3CCN(CCOc4ccc(-c5cc6c(C(=O)O)c[nH]c6cc5Cl)cc4)CC3)CC1)c1nnc(C)n1-2. The number of aliphatic imine (C=N–C) groups is 1. The second-order valence-electron chi connectivity index (χ2n) is 15.9. The molecule has 1 atom stereocenters. The number of piperidine rings is 1. The molecule has 3 aliphatic rings. The number of nitrogens with zero attached hydrogens (tertiary/aromatic N) is 7. The molecule has 3 aromatic carbocycles. The van der Waals surface area contributed by atoms with Crippen LogP contribution >= 0.6 is 34.5 Å². The van der Waals surface area contributed by atoms with Crippen LogP contribution in [0.15, 0.2) is 71.9 Å². The zero-order chi connectivity index (χ0) is 41.7. The number of rotatable bonds is 10. The molecule has 3 aliphatic heterocycles. The lowest BCUT2D eigenvalue weighted by Gasteiger charge is -2.42. The summed E-state index contributed by atoms with van der Waals surface area (Å²) >= 11 is 14.6. The Labute approximate surface area is 362 Å². The van der Waals surface area contributed by atoms with Crippen molar-refractivity contribution in [2.45, 2.75) is 52.1 Å². The zero-order valence-electron chi connectivity index (χ0n) is 33.8. The number of ether oxygens (including phenoxy) is 1. The predicted octanol–water partition coefficient (Wildman–Crippen LogP) is 8.38. The first-order valence-corrected chi connectivity index (χ1v) is 22.0. The van der Waals surface area contributed by atoms with Gasteiger partial charge in [-0.05, 0) is 81.1 Å². The molecule has 0 aliphatic carbocycles. The molecule has 6 aromatic rings. The van der Waals surface area contributed by atoms with Crippen LogP contribution in [-0.2, 0) is 4.79 Å². The van der Waals surface area contributed by atoms with E-state index in [1.807, 2.05) is 66.4 Å². The van der Waals surface area contributed by atoms with E-state index in [0.29, 0.717) is 39.4 Å². The lowest BCUT2D eigenvalue weighted by molar-refractivity contribution is -0.133. The van der Waals surface area contributed by atoms with Gasteiger partial charge in [-0.1, -0.05) is 47.5 Å². The fourth-order valence-electron chi connectivity index (χ4n) is 8.82. The molecular weight excluding hydrogens is 820 g/mol. The number of hydrogen-bond donors (Lipinski definition) is 2. The number of aromatic amines is 1. The molecule has 0 bridgehead atoms. The maximum absolute atomic E-state index is 14.0. The summed E-state index contributed by atoms with van der Waals surface area (Å²) in [6.07, 6.45) is 3.62. The van der Waals surface area contributed by atoms with Gasteiger partial charge in [0.05, 0.1) is 22.7 Å². The average molecular weight is 866 g/mol. The van der Waals surface area contributed by atoms with E-state index in [4.69, 9.17) is 32.9 Å². The van der Waals surface area contributed by atoms with Crippen LogP contribution in [0, 0.1) is 20.8 Å². The van der Waals surface area contributed by atoms with Gasteiger partial charge in [0.25, 0.3) is 0 Å². The third kappa shape index (κ3) is 7.85. The Kier molecular flexibility index (Phi) is 11.3. The molecule has 9 rings (SSSR count). The molecule has 1 amide bonds. The number of aromatic carboxylic acids is 1. The second-order valence-corrected chi connectivity index (χ2v) is 17.9. The van der Waals surface area contributed by atoms with Crippen molar-refractivity contribution in [3.8, 4) is 21.9 Å². The van der Waals surface area contributed by atoms with Crippen LogP contribution in [0.2, 0.25) is 10.0 Å². The summed E-state index contributed by atoms with van der Waals surface area (Å²) in [6.45, 7) is 13.0. The minimum atomic E-state index is -0.984. The van der Waals surface area contributed by atoms with Gasteiger partial charge < -0.3 is 19.7 Å². The minimum absolute atomic E-state index is 0.0961. The Morgan fingerprint density at radius 2 is 1.63 bits per heavy atom. The molecule has 2 fully saturated rings. The molecular formula is C45H46Cl2N8O4S. The third-order valence-corrected chi connectivity index (χ3v) is 14.1. The number of halogens is 2. The highest BCUT2D eigenvalue weighted by molar-refractivity contribution is 7.15. The zero-order valence-corrected chi connectivity index (χ0v) is 36.1. The van der Waals surface area contributed by atoms with Crippen molar-refractivity contribution >= 4 is 63.0 Å². The Balaban J connectivity index is 0.769. The lowest BCUT2D eigenvalue weighted by Crippen LogP contribution is -2.54. The van der Waals surface area contributed by atoms with Crippen LogP contribution < -0.4 is 4.74 Å². The maximum atomic E-state index is 14.0. The summed E-state index contributed by atoms with van der Waals surface area (Å²) in [4.78, 5) is 42.3. The molecule has 2 N–H and O–H groups in total. The summed E-state index contributed by atoms with van der Waals surface area (Å²) in [5, 5.41) is 21.5. The summed E-state index contributed by atoms with van der Waals surface area (Å²) < 4.78 is 8.22. The number of carbonyl (C=O) groups is 2. The summed E-state index contributed by atoms with van der Waals surface area (Å²) in [5.41, 5.74) is 6.61. The van der Waals surface area contributed by atoms with E-state index in [1.165, 1.54) is 16.6 Å². The third-order valence-electron chi connectivity index (χ3n) is 12.3. The maximum Gasteiger partial charge on any atom is 0.337 e. The quantitative estimate of drug-likeness (QED) is 0.141. The predicted molar refractivity (Wildman–Crippen MR) is 237 cm³/mol. The molecule has 0 radical (unpaired) electrons. The molecule has 12 nitrogen and oxygen atoms in total. The van der Waals surface area contributed by atoms with Crippen LogP contribution in [0.4, 0.5) is 0 Å². The van der Waals surface area contributed by atoms with Crippen LogP contribution in [0.3, 0.4) is 0 Å². The van der Waals surface area contributed by atoms with E-state index >= 15 is 0 Å². The second kappa shape index (κ2) is 16.8. The number of benzene rings is 3. The summed E-state index contributed by atoms with van der Waals surface area (Å²) in [5.74, 6) is 1.37. The van der Waals surface area contributed by atoms with Crippen molar-refractivity contribution < 1.29 is 19.4 Å². The number of carbonyl (C=O) groups excluding carboxylic acids is 1. The molecule has 60 heavy (non-hydrogen) atoms. The molecule has 310 valence electrons. The lowest BCUT2D eigenvalue weighted by atomic mass is 9.99. The van der Waals surface area contributed by atoms with Gasteiger partial charge >= 0.3 is 5.97 Å². The highest BCUT2D eigenvalue weighted by Crippen LogP contribution is 2.40. The van der Waals surface area contributed by atoms with Crippen molar-refractivity contribution in [3.05, 3.63) is 116 Å². The number of thiophene rings is 1. The van der Waals surface area contributed by atoms with E-state index in [2.05, 4.69) is 43.4 Å². The fourth-order valence-corrected chi connectivity index (χ4v) is 10.4. The van der Waals surface area contributed by atoms with Gasteiger partial charge in [-0.25, -0.2) is 4.79 Å². The smallest absolute Gasteiger partial charge is 0.337 e. The number of nitrogens with one attached hydrogen (secondary N) is 1. The number of fused-ring (bicyclic) bond motifs is 4. The van der Waals surface area contributed by atoms with E-state index in [9.17, 15) is 14.7 Å². The number of likely N-dealkylation sites (tertiary alicyclic amines) is 1. The number of carboxylic acids is 1. The van der Waals surface area contributed by atoms with Gasteiger partial charge in [0.1, 0.15) is 29.2 Å². The molecule has 0 unspecified atom stereocenters. The Morgan fingerprint density at radius 1 is 0.917 bits per heavy atom. The number of hydrogen-bond acceptors (Lipinski definition) is 9. The number of H-pyrrole nitrogens is 1. The molecule has 3 aromatic heterocycles. The number of carboxylic acid groups (broad SMARTS) is 1. The van der Waals surface area contributed by atoms with E-state index in [-0.39, 0.29) is 17.9 Å². The molecule has 15 heteroatoms. The molecule has 0 spiro atoms. The summed E-state index contributed by atoms with van der Waals surface area (Å²) in [7, 11) is 0. The van der Waals surface area contributed by atoms with Crippen LogP contribution in [-0.4, -0.2) is 116 Å². The van der Waals surface area contributed by atoms with Crippen LogP contribution in [0.5, 0.6) is 5.75 Å². The van der Waals surface area contributed by atoms with Gasteiger partial charge in [-0.3, -0.25) is 24.2 Å². The first-order valence-electron chi connectivity index (χ1n) is 20.4. The molecule has 0 saturated carbocycles.